The molecule has 3 atom stereocenters. The van der Waals surface area contributed by atoms with Crippen LogP contribution in [0.1, 0.15) is 41.0 Å². The van der Waals surface area contributed by atoms with Gasteiger partial charge in [0.05, 0.1) is 11.4 Å². The summed E-state index contributed by atoms with van der Waals surface area (Å²) in [5.74, 6) is 0.499. The molecule has 0 aliphatic carbocycles. The van der Waals surface area contributed by atoms with Crippen molar-refractivity contribution in [1.82, 2.24) is 4.31 Å². The number of aliphatic hydroxyl groups excluding tert-OH is 1. The van der Waals surface area contributed by atoms with Gasteiger partial charge in [0.25, 0.3) is 0 Å². The van der Waals surface area contributed by atoms with Gasteiger partial charge in [-0.3, -0.25) is 0 Å². The van der Waals surface area contributed by atoms with E-state index in [1.807, 2.05) is 25.1 Å². The number of hydrogen-bond donors (Lipinski definition) is 1. The van der Waals surface area contributed by atoms with Gasteiger partial charge in [-0.15, -0.1) is 0 Å². The number of rotatable bonds is 3. The molecule has 1 fully saturated rings. The van der Waals surface area contributed by atoms with Crippen molar-refractivity contribution in [3.05, 3.63) is 0 Å². The average molecular weight is 233 g/mol. The summed E-state index contributed by atoms with van der Waals surface area (Å²) in [5.41, 5.74) is 0. The Morgan fingerprint density at radius 1 is 1.47 bits per heavy atom. The van der Waals surface area contributed by atoms with Gasteiger partial charge < -0.3 is 5.11 Å². The van der Waals surface area contributed by atoms with Crippen LogP contribution in [0.4, 0.5) is 0 Å². The molecule has 1 saturated heterocycles. The van der Waals surface area contributed by atoms with Crippen LogP contribution in [0.15, 0.2) is 0 Å². The molecule has 0 spiro atoms. The molecule has 0 amide bonds. The van der Waals surface area contributed by atoms with Crippen molar-refractivity contribution in [2.45, 2.75) is 57.9 Å². The van der Waals surface area contributed by atoms with Gasteiger partial charge in [-0.2, -0.15) is 0 Å². The van der Waals surface area contributed by atoms with Gasteiger partial charge in [-0.1, -0.05) is 13.8 Å². The van der Waals surface area contributed by atoms with E-state index in [2.05, 4.69) is 13.8 Å². The van der Waals surface area contributed by atoms with Crippen molar-refractivity contribution in [3.63, 3.8) is 0 Å². The third kappa shape index (κ3) is 2.60. The summed E-state index contributed by atoms with van der Waals surface area (Å²) in [6.45, 7) is 10.3. The van der Waals surface area contributed by atoms with E-state index in [0.717, 1.165) is 6.42 Å². The number of hydrogen-bond acceptors (Lipinski definition) is 2. The van der Waals surface area contributed by atoms with Crippen molar-refractivity contribution < 1.29 is 9.32 Å². The maximum atomic E-state index is 12.3. The molecule has 0 bridgehead atoms. The fourth-order valence-electron chi connectivity index (χ4n) is 1.91. The van der Waals surface area contributed by atoms with E-state index in [0.29, 0.717) is 12.0 Å². The zero-order valence-corrected chi connectivity index (χ0v) is 11.2. The summed E-state index contributed by atoms with van der Waals surface area (Å²) in [6, 6.07) is 0.458. The van der Waals surface area contributed by atoms with Gasteiger partial charge in [-0.05, 0) is 33.1 Å². The smallest absolute Gasteiger partial charge is 0.100 e. The molecule has 0 aromatic carbocycles. The molecule has 0 saturated carbocycles. The molecule has 0 aromatic heterocycles. The first-order valence-electron chi connectivity index (χ1n) is 5.60. The van der Waals surface area contributed by atoms with Crippen LogP contribution in [0, 0.1) is 5.92 Å². The van der Waals surface area contributed by atoms with Gasteiger partial charge in [0.15, 0.2) is 0 Å². The Morgan fingerprint density at radius 3 is 2.33 bits per heavy atom. The Morgan fingerprint density at radius 2 is 2.00 bits per heavy atom. The molecule has 1 aliphatic heterocycles. The Labute approximate surface area is 95.4 Å². The van der Waals surface area contributed by atoms with E-state index in [9.17, 15) is 9.32 Å². The highest BCUT2D eigenvalue weighted by molar-refractivity contribution is 7.84. The molecule has 1 aliphatic rings. The summed E-state index contributed by atoms with van der Waals surface area (Å²) < 4.78 is 14.0. The minimum absolute atomic E-state index is 0.0949. The summed E-state index contributed by atoms with van der Waals surface area (Å²) in [4.78, 5) is 0. The Bertz CT molecular complexity index is 247. The molecule has 1 rings (SSSR count). The highest BCUT2D eigenvalue weighted by atomic mass is 32.2. The van der Waals surface area contributed by atoms with Crippen LogP contribution in [0.3, 0.4) is 0 Å². The predicted molar refractivity (Wildman–Crippen MR) is 63.9 cm³/mol. The predicted octanol–water partition coefficient (Wildman–Crippen LogP) is 1.54. The minimum atomic E-state index is -1.00. The van der Waals surface area contributed by atoms with Gasteiger partial charge in [0, 0.05) is 12.1 Å². The molecule has 0 aromatic rings. The van der Waals surface area contributed by atoms with Crippen LogP contribution in [0.25, 0.3) is 0 Å². The van der Waals surface area contributed by atoms with E-state index >= 15 is 0 Å². The molecule has 1 N–H and O–H groups in total. The lowest BCUT2D eigenvalue weighted by atomic mass is 9.89. The maximum Gasteiger partial charge on any atom is 0.100 e. The highest BCUT2D eigenvalue weighted by Crippen LogP contribution is 2.35. The summed E-state index contributed by atoms with van der Waals surface area (Å²) in [6.07, 6.45) is 0.968. The number of aliphatic hydroxyl groups is 1. The molecule has 3 nitrogen and oxygen atoms in total. The Kier molecular flexibility index (Phi) is 3.95. The van der Waals surface area contributed by atoms with Crippen molar-refractivity contribution in [1.29, 1.82) is 0 Å². The Hall–Kier alpha value is 0.0700. The molecule has 4 heteroatoms. The fraction of sp³-hybridized carbons (Fsp3) is 1.00. The number of nitrogens with zero attached hydrogens (tertiary/aromatic N) is 1. The molecule has 0 unspecified atom stereocenters. The van der Waals surface area contributed by atoms with Gasteiger partial charge in [-0.25, -0.2) is 8.51 Å². The van der Waals surface area contributed by atoms with Gasteiger partial charge in [0.1, 0.15) is 11.0 Å². The topological polar surface area (TPSA) is 40.5 Å². The molecule has 90 valence electrons. The van der Waals surface area contributed by atoms with Crippen molar-refractivity contribution in [3.8, 4) is 0 Å². The van der Waals surface area contributed by atoms with Crippen LogP contribution in [-0.4, -0.2) is 37.1 Å². The molecule has 1 heterocycles. The quantitative estimate of drug-likeness (QED) is 0.803. The molecule has 15 heavy (non-hydrogen) atoms. The van der Waals surface area contributed by atoms with Crippen molar-refractivity contribution in [2.75, 3.05) is 6.61 Å². The molecular formula is C11H23NO2S. The monoisotopic (exact) mass is 233 g/mol. The lowest BCUT2D eigenvalue weighted by molar-refractivity contribution is 0.0374. The minimum Gasteiger partial charge on any atom is -0.395 e. The second-order valence-corrected chi connectivity index (χ2v) is 7.75. The van der Waals surface area contributed by atoms with E-state index in [1.165, 1.54) is 0 Å². The first kappa shape index (κ1) is 13.1. The normalized spacial score (nSPS) is 30.3. The van der Waals surface area contributed by atoms with Crippen molar-refractivity contribution in [2.24, 2.45) is 5.92 Å². The summed E-state index contributed by atoms with van der Waals surface area (Å²) in [7, 11) is -1.00. The van der Waals surface area contributed by atoms with Crippen LogP contribution < -0.4 is 0 Å². The van der Waals surface area contributed by atoms with Gasteiger partial charge in [0.2, 0.25) is 0 Å². The van der Waals surface area contributed by atoms with E-state index < -0.39 is 11.0 Å². The SMILES string of the molecule is CC(C)[C@H]1C[C@@H](CO)N1[S@](=O)C(C)(C)C. The highest BCUT2D eigenvalue weighted by Gasteiger charge is 2.45. The van der Waals surface area contributed by atoms with Crippen LogP contribution in [0.5, 0.6) is 0 Å². The zero-order chi connectivity index (χ0) is 11.8. The molecule has 0 radical (unpaired) electrons. The first-order valence-corrected chi connectivity index (χ1v) is 6.71. The van der Waals surface area contributed by atoms with Crippen LogP contribution in [0.2, 0.25) is 0 Å². The third-order valence-corrected chi connectivity index (χ3v) is 4.90. The third-order valence-electron chi connectivity index (χ3n) is 2.90. The lowest BCUT2D eigenvalue weighted by Crippen LogP contribution is -2.62. The van der Waals surface area contributed by atoms with E-state index in [-0.39, 0.29) is 17.4 Å². The second-order valence-electron chi connectivity index (χ2n) is 5.60. The van der Waals surface area contributed by atoms with Crippen LogP contribution >= 0.6 is 0 Å². The van der Waals surface area contributed by atoms with E-state index in [4.69, 9.17) is 0 Å². The standard InChI is InChI=1S/C11H23NO2S/c1-8(2)10-6-9(7-13)12(10)15(14)11(3,4)5/h8-10,13H,6-7H2,1-5H3/t9-,10+,15+/m0/s1. The first-order chi connectivity index (χ1) is 6.79. The summed E-state index contributed by atoms with van der Waals surface area (Å²) in [5, 5.41) is 9.19. The van der Waals surface area contributed by atoms with Crippen molar-refractivity contribution >= 4 is 11.0 Å². The lowest BCUT2D eigenvalue weighted by Gasteiger charge is -2.50. The second kappa shape index (κ2) is 4.52. The molecular weight excluding hydrogens is 210 g/mol. The zero-order valence-electron chi connectivity index (χ0n) is 10.4. The fourth-order valence-corrected chi connectivity index (χ4v) is 3.55. The van der Waals surface area contributed by atoms with Crippen LogP contribution in [-0.2, 0) is 11.0 Å². The average Bonchev–Trinajstić information content (AvgIpc) is 2.00. The van der Waals surface area contributed by atoms with E-state index in [1.54, 1.807) is 0 Å². The van der Waals surface area contributed by atoms with Gasteiger partial charge >= 0.3 is 0 Å². The Balaban J connectivity index is 2.76. The largest absolute Gasteiger partial charge is 0.395 e. The maximum absolute atomic E-state index is 12.3. The summed E-state index contributed by atoms with van der Waals surface area (Å²) >= 11 is 0.